The van der Waals surface area contributed by atoms with Gasteiger partial charge in [-0.3, -0.25) is 0 Å². The van der Waals surface area contributed by atoms with Gasteiger partial charge >= 0.3 is 0 Å². The monoisotopic (exact) mass is 326 g/mol. The second-order valence-electron chi connectivity index (χ2n) is 5.28. The number of pyridine rings is 1. The van der Waals surface area contributed by atoms with E-state index in [2.05, 4.69) is 27.2 Å². The normalized spacial score (nSPS) is 10.8. The van der Waals surface area contributed by atoms with E-state index in [0.717, 1.165) is 24.2 Å². The first-order valence-electron chi connectivity index (χ1n) is 8.02. The summed E-state index contributed by atoms with van der Waals surface area (Å²) in [6.07, 6.45) is 0.979. The number of benzene rings is 1. The fourth-order valence-electron chi connectivity index (χ4n) is 2.32. The van der Waals surface area contributed by atoms with E-state index in [1.165, 1.54) is 12.1 Å². The standard InChI is InChI=1S/C18H19FN4O/c1-3-11-20-18-22-15-10-9-14(12-5-7-13(19)8-6-12)21-16(15)17(23-18)24-4-2/h5-10H,3-4,11H2,1-2H3,(H,20,22,23). The quantitative estimate of drug-likeness (QED) is 0.740. The van der Waals surface area contributed by atoms with Crippen LogP contribution in [0.25, 0.3) is 22.3 Å². The number of anilines is 1. The molecule has 0 unspecified atom stereocenters. The number of hydrogen-bond acceptors (Lipinski definition) is 5. The lowest BCUT2D eigenvalue weighted by Crippen LogP contribution is -2.07. The van der Waals surface area contributed by atoms with Gasteiger partial charge < -0.3 is 10.1 Å². The smallest absolute Gasteiger partial charge is 0.245 e. The summed E-state index contributed by atoms with van der Waals surface area (Å²) in [6.45, 7) is 5.25. The fourth-order valence-corrected chi connectivity index (χ4v) is 2.32. The molecule has 1 aromatic carbocycles. The molecule has 5 nitrogen and oxygen atoms in total. The van der Waals surface area contributed by atoms with Crippen molar-refractivity contribution in [2.45, 2.75) is 20.3 Å². The van der Waals surface area contributed by atoms with E-state index in [0.29, 0.717) is 29.5 Å². The number of rotatable bonds is 6. The fraction of sp³-hybridized carbons (Fsp3) is 0.278. The largest absolute Gasteiger partial charge is 0.476 e. The van der Waals surface area contributed by atoms with Crippen molar-refractivity contribution in [3.8, 4) is 17.1 Å². The van der Waals surface area contributed by atoms with Crippen molar-refractivity contribution in [3.63, 3.8) is 0 Å². The van der Waals surface area contributed by atoms with Crippen LogP contribution in [-0.2, 0) is 0 Å². The van der Waals surface area contributed by atoms with Gasteiger partial charge in [0.05, 0.1) is 17.8 Å². The predicted molar refractivity (Wildman–Crippen MR) is 92.7 cm³/mol. The molecule has 124 valence electrons. The zero-order valence-corrected chi connectivity index (χ0v) is 13.7. The molecule has 6 heteroatoms. The van der Waals surface area contributed by atoms with E-state index in [1.807, 2.05) is 19.1 Å². The van der Waals surface area contributed by atoms with Crippen LogP contribution in [0.3, 0.4) is 0 Å². The molecule has 0 atom stereocenters. The predicted octanol–water partition coefficient (Wildman–Crippen LogP) is 4.05. The van der Waals surface area contributed by atoms with E-state index < -0.39 is 0 Å². The number of halogens is 1. The van der Waals surface area contributed by atoms with Gasteiger partial charge in [-0.1, -0.05) is 6.92 Å². The Morgan fingerprint density at radius 2 is 1.79 bits per heavy atom. The van der Waals surface area contributed by atoms with Crippen LogP contribution in [0.15, 0.2) is 36.4 Å². The Hall–Kier alpha value is -2.76. The maximum atomic E-state index is 13.1. The molecule has 0 aliphatic rings. The van der Waals surface area contributed by atoms with Crippen molar-refractivity contribution in [2.75, 3.05) is 18.5 Å². The molecule has 0 radical (unpaired) electrons. The summed E-state index contributed by atoms with van der Waals surface area (Å²) >= 11 is 0. The first-order valence-corrected chi connectivity index (χ1v) is 8.02. The van der Waals surface area contributed by atoms with Crippen molar-refractivity contribution < 1.29 is 9.13 Å². The van der Waals surface area contributed by atoms with Crippen molar-refractivity contribution in [1.29, 1.82) is 0 Å². The molecule has 0 saturated carbocycles. The van der Waals surface area contributed by atoms with Crippen molar-refractivity contribution in [1.82, 2.24) is 15.0 Å². The molecular weight excluding hydrogens is 307 g/mol. The van der Waals surface area contributed by atoms with Crippen LogP contribution < -0.4 is 10.1 Å². The first-order chi connectivity index (χ1) is 11.7. The molecule has 2 heterocycles. The van der Waals surface area contributed by atoms with Crippen LogP contribution in [0.4, 0.5) is 10.3 Å². The van der Waals surface area contributed by atoms with Gasteiger partial charge in [-0.2, -0.15) is 4.98 Å². The van der Waals surface area contributed by atoms with E-state index in [4.69, 9.17) is 4.74 Å². The van der Waals surface area contributed by atoms with Crippen LogP contribution in [-0.4, -0.2) is 28.1 Å². The Morgan fingerprint density at radius 1 is 1.00 bits per heavy atom. The molecule has 24 heavy (non-hydrogen) atoms. The SMILES string of the molecule is CCCNc1nc(OCC)c2nc(-c3ccc(F)cc3)ccc2n1. The maximum absolute atomic E-state index is 13.1. The Kier molecular flexibility index (Phi) is 4.84. The van der Waals surface area contributed by atoms with Crippen LogP contribution in [0.5, 0.6) is 5.88 Å². The third-order valence-electron chi connectivity index (χ3n) is 3.46. The number of ether oxygens (including phenoxy) is 1. The number of fused-ring (bicyclic) bond motifs is 1. The molecule has 3 rings (SSSR count). The van der Waals surface area contributed by atoms with E-state index in [1.54, 1.807) is 12.1 Å². The van der Waals surface area contributed by atoms with Gasteiger partial charge in [0, 0.05) is 12.1 Å². The number of aromatic nitrogens is 3. The van der Waals surface area contributed by atoms with Crippen LogP contribution in [0, 0.1) is 5.82 Å². The molecular formula is C18H19FN4O. The molecule has 3 aromatic rings. The van der Waals surface area contributed by atoms with Gasteiger partial charge in [-0.05, 0) is 49.7 Å². The highest BCUT2D eigenvalue weighted by atomic mass is 19.1. The topological polar surface area (TPSA) is 59.9 Å². The van der Waals surface area contributed by atoms with E-state index >= 15 is 0 Å². The van der Waals surface area contributed by atoms with E-state index in [9.17, 15) is 4.39 Å². The van der Waals surface area contributed by atoms with Gasteiger partial charge in [0.15, 0.2) is 5.52 Å². The minimum Gasteiger partial charge on any atom is -0.476 e. The molecule has 0 bridgehead atoms. The second kappa shape index (κ2) is 7.21. The molecule has 1 N–H and O–H groups in total. The number of hydrogen-bond donors (Lipinski definition) is 1. The van der Waals surface area contributed by atoms with Gasteiger partial charge in [0.25, 0.3) is 0 Å². The zero-order valence-electron chi connectivity index (χ0n) is 13.7. The summed E-state index contributed by atoms with van der Waals surface area (Å²) < 4.78 is 18.7. The summed E-state index contributed by atoms with van der Waals surface area (Å²) in [6, 6.07) is 9.96. The Balaban J connectivity index is 2.07. The lowest BCUT2D eigenvalue weighted by Gasteiger charge is -2.10. The molecule has 0 aliphatic heterocycles. The maximum Gasteiger partial charge on any atom is 0.245 e. The highest BCUT2D eigenvalue weighted by molar-refractivity contribution is 5.83. The molecule has 0 saturated heterocycles. The molecule has 0 fully saturated rings. The molecule has 0 spiro atoms. The average Bonchev–Trinajstić information content (AvgIpc) is 2.60. The van der Waals surface area contributed by atoms with Crippen molar-refractivity contribution in [3.05, 3.63) is 42.2 Å². The van der Waals surface area contributed by atoms with Crippen molar-refractivity contribution >= 4 is 17.0 Å². The number of nitrogens with one attached hydrogen (secondary N) is 1. The van der Waals surface area contributed by atoms with Gasteiger partial charge in [-0.15, -0.1) is 0 Å². The minimum atomic E-state index is -0.274. The zero-order chi connectivity index (χ0) is 16.9. The van der Waals surface area contributed by atoms with E-state index in [-0.39, 0.29) is 5.82 Å². The number of nitrogens with zero attached hydrogens (tertiary/aromatic N) is 3. The highest BCUT2D eigenvalue weighted by Crippen LogP contribution is 2.26. The Bertz CT molecular complexity index is 836. The summed E-state index contributed by atoms with van der Waals surface area (Å²) in [5.41, 5.74) is 2.86. The third-order valence-corrected chi connectivity index (χ3v) is 3.46. The summed E-state index contributed by atoms with van der Waals surface area (Å²) in [4.78, 5) is 13.5. The van der Waals surface area contributed by atoms with Crippen LogP contribution in [0.2, 0.25) is 0 Å². The van der Waals surface area contributed by atoms with Gasteiger partial charge in [-0.25, -0.2) is 14.4 Å². The van der Waals surface area contributed by atoms with Crippen LogP contribution >= 0.6 is 0 Å². The molecule has 2 aromatic heterocycles. The highest BCUT2D eigenvalue weighted by Gasteiger charge is 2.12. The molecule has 0 aliphatic carbocycles. The lowest BCUT2D eigenvalue weighted by atomic mass is 10.1. The van der Waals surface area contributed by atoms with Gasteiger partial charge in [0.1, 0.15) is 5.82 Å². The first kappa shape index (κ1) is 16.1. The van der Waals surface area contributed by atoms with Crippen LogP contribution in [0.1, 0.15) is 20.3 Å². The second-order valence-corrected chi connectivity index (χ2v) is 5.28. The summed E-state index contributed by atoms with van der Waals surface area (Å²) in [5, 5.41) is 3.17. The Labute approximate surface area is 139 Å². The summed E-state index contributed by atoms with van der Waals surface area (Å²) in [5.74, 6) is 0.707. The average molecular weight is 326 g/mol. The van der Waals surface area contributed by atoms with Gasteiger partial charge in [0.2, 0.25) is 11.8 Å². The minimum absolute atomic E-state index is 0.274. The Morgan fingerprint density at radius 3 is 2.50 bits per heavy atom. The molecule has 0 amide bonds. The van der Waals surface area contributed by atoms with Crippen molar-refractivity contribution in [2.24, 2.45) is 0 Å². The lowest BCUT2D eigenvalue weighted by molar-refractivity contribution is 0.330. The third kappa shape index (κ3) is 3.42. The summed E-state index contributed by atoms with van der Waals surface area (Å²) in [7, 11) is 0.